The van der Waals surface area contributed by atoms with Gasteiger partial charge in [0.1, 0.15) is 0 Å². The van der Waals surface area contributed by atoms with Gasteiger partial charge in [-0.2, -0.15) is 0 Å². The van der Waals surface area contributed by atoms with Gasteiger partial charge in [-0.25, -0.2) is 0 Å². The van der Waals surface area contributed by atoms with Crippen molar-refractivity contribution in [3.8, 4) is 0 Å². The number of carbonyl (C=O) groups is 1. The van der Waals surface area contributed by atoms with Crippen molar-refractivity contribution >= 4 is 5.91 Å². The lowest BCUT2D eigenvalue weighted by atomic mass is 10.1. The molecule has 1 aliphatic rings. The van der Waals surface area contributed by atoms with Crippen molar-refractivity contribution in [1.29, 1.82) is 0 Å². The zero-order chi connectivity index (χ0) is 11.4. The molecule has 0 aromatic carbocycles. The Morgan fingerprint density at radius 1 is 1.44 bits per heavy atom. The number of aromatic nitrogens is 1. The van der Waals surface area contributed by atoms with Gasteiger partial charge in [0.25, 0.3) is 0 Å². The second kappa shape index (κ2) is 5.07. The molecule has 1 amide bonds. The summed E-state index contributed by atoms with van der Waals surface area (Å²) in [7, 11) is 0. The van der Waals surface area contributed by atoms with Gasteiger partial charge in [0.15, 0.2) is 0 Å². The molecule has 4 nitrogen and oxygen atoms in total. The summed E-state index contributed by atoms with van der Waals surface area (Å²) in [5, 5.41) is 2.94. The number of pyridine rings is 1. The van der Waals surface area contributed by atoms with Crippen LogP contribution in [0.15, 0.2) is 24.5 Å². The Bertz CT molecular complexity index is 353. The predicted molar refractivity (Wildman–Crippen MR) is 61.4 cm³/mol. The standard InChI is InChI=1S/C12H17N3O/c13-11-2-1-10(7-11)12(16)15-8-9-3-5-14-6-4-9/h3-6,10-11H,1-2,7-8,13H2,(H,15,16). The summed E-state index contributed by atoms with van der Waals surface area (Å²) >= 11 is 0. The summed E-state index contributed by atoms with van der Waals surface area (Å²) in [6.07, 6.45) is 6.17. The lowest BCUT2D eigenvalue weighted by molar-refractivity contribution is -0.125. The molecule has 0 radical (unpaired) electrons. The van der Waals surface area contributed by atoms with E-state index in [1.807, 2.05) is 12.1 Å². The number of nitrogens with two attached hydrogens (primary N) is 1. The number of hydrogen-bond acceptors (Lipinski definition) is 3. The minimum atomic E-state index is 0.108. The van der Waals surface area contributed by atoms with E-state index in [4.69, 9.17) is 5.73 Å². The maximum atomic E-state index is 11.8. The summed E-state index contributed by atoms with van der Waals surface area (Å²) in [6.45, 7) is 0.576. The molecule has 1 aromatic heterocycles. The van der Waals surface area contributed by atoms with E-state index in [2.05, 4.69) is 10.3 Å². The Morgan fingerprint density at radius 2 is 2.19 bits per heavy atom. The van der Waals surface area contributed by atoms with Gasteiger partial charge in [-0.1, -0.05) is 0 Å². The number of carbonyl (C=O) groups excluding carboxylic acids is 1. The van der Waals surface area contributed by atoms with Crippen LogP contribution >= 0.6 is 0 Å². The number of nitrogens with one attached hydrogen (secondary N) is 1. The highest BCUT2D eigenvalue weighted by Gasteiger charge is 2.27. The first-order chi connectivity index (χ1) is 7.75. The third-order valence-electron chi connectivity index (χ3n) is 3.06. The van der Waals surface area contributed by atoms with Crippen molar-refractivity contribution in [2.45, 2.75) is 31.8 Å². The van der Waals surface area contributed by atoms with E-state index in [1.165, 1.54) is 0 Å². The molecule has 1 aliphatic carbocycles. The van der Waals surface area contributed by atoms with Crippen molar-refractivity contribution in [2.24, 2.45) is 11.7 Å². The van der Waals surface area contributed by atoms with E-state index in [1.54, 1.807) is 12.4 Å². The third-order valence-corrected chi connectivity index (χ3v) is 3.06. The van der Waals surface area contributed by atoms with Crippen LogP contribution in [0.25, 0.3) is 0 Å². The summed E-state index contributed by atoms with van der Waals surface area (Å²) in [6, 6.07) is 4.01. The molecule has 3 N–H and O–H groups in total. The monoisotopic (exact) mass is 219 g/mol. The fourth-order valence-electron chi connectivity index (χ4n) is 2.09. The smallest absolute Gasteiger partial charge is 0.223 e. The average Bonchev–Trinajstić information content (AvgIpc) is 2.74. The van der Waals surface area contributed by atoms with Crippen molar-refractivity contribution in [2.75, 3.05) is 0 Å². The molecule has 86 valence electrons. The number of amides is 1. The first-order valence-corrected chi connectivity index (χ1v) is 5.68. The van der Waals surface area contributed by atoms with Gasteiger partial charge in [0.05, 0.1) is 0 Å². The second-order valence-corrected chi connectivity index (χ2v) is 4.34. The minimum Gasteiger partial charge on any atom is -0.352 e. The first kappa shape index (κ1) is 11.1. The van der Waals surface area contributed by atoms with Crippen molar-refractivity contribution in [1.82, 2.24) is 10.3 Å². The highest BCUT2D eigenvalue weighted by atomic mass is 16.1. The third kappa shape index (κ3) is 2.79. The Morgan fingerprint density at radius 3 is 2.81 bits per heavy atom. The minimum absolute atomic E-state index is 0.108. The Kier molecular flexibility index (Phi) is 3.51. The molecular weight excluding hydrogens is 202 g/mol. The fraction of sp³-hybridized carbons (Fsp3) is 0.500. The molecule has 0 bridgehead atoms. The summed E-state index contributed by atoms with van der Waals surface area (Å²) in [5.41, 5.74) is 6.86. The van der Waals surface area contributed by atoms with Crippen LogP contribution in [-0.2, 0) is 11.3 Å². The largest absolute Gasteiger partial charge is 0.352 e. The van der Waals surface area contributed by atoms with Gasteiger partial charge in [0, 0.05) is 30.9 Å². The fourth-order valence-corrected chi connectivity index (χ4v) is 2.09. The lowest BCUT2D eigenvalue weighted by Gasteiger charge is -2.10. The van der Waals surface area contributed by atoms with Gasteiger partial charge in [-0.05, 0) is 37.0 Å². The molecule has 1 saturated carbocycles. The zero-order valence-corrected chi connectivity index (χ0v) is 9.23. The Balaban J connectivity index is 1.80. The summed E-state index contributed by atoms with van der Waals surface area (Å²) in [4.78, 5) is 15.7. The molecular formula is C12H17N3O. The zero-order valence-electron chi connectivity index (χ0n) is 9.23. The maximum Gasteiger partial charge on any atom is 0.223 e. The molecule has 0 aliphatic heterocycles. The van der Waals surface area contributed by atoms with E-state index in [0.29, 0.717) is 6.54 Å². The second-order valence-electron chi connectivity index (χ2n) is 4.34. The molecule has 1 aromatic rings. The van der Waals surface area contributed by atoms with E-state index < -0.39 is 0 Å². The lowest BCUT2D eigenvalue weighted by Crippen LogP contribution is -2.29. The normalized spacial score (nSPS) is 24.3. The molecule has 0 saturated heterocycles. The molecule has 1 fully saturated rings. The van der Waals surface area contributed by atoms with Crippen molar-refractivity contribution in [3.05, 3.63) is 30.1 Å². The van der Waals surface area contributed by atoms with Crippen molar-refractivity contribution in [3.63, 3.8) is 0 Å². The Hall–Kier alpha value is -1.42. The number of hydrogen-bond donors (Lipinski definition) is 2. The van der Waals surface area contributed by atoms with E-state index in [0.717, 1.165) is 24.8 Å². The number of rotatable bonds is 3. The van der Waals surface area contributed by atoms with Gasteiger partial charge >= 0.3 is 0 Å². The van der Waals surface area contributed by atoms with Crippen LogP contribution in [0, 0.1) is 5.92 Å². The van der Waals surface area contributed by atoms with Gasteiger partial charge < -0.3 is 11.1 Å². The van der Waals surface area contributed by atoms with Gasteiger partial charge in [-0.15, -0.1) is 0 Å². The van der Waals surface area contributed by atoms with E-state index >= 15 is 0 Å². The van der Waals surface area contributed by atoms with Crippen LogP contribution in [0.5, 0.6) is 0 Å². The molecule has 16 heavy (non-hydrogen) atoms. The van der Waals surface area contributed by atoms with Crippen LogP contribution in [0.3, 0.4) is 0 Å². The van der Waals surface area contributed by atoms with Crippen LogP contribution in [0.1, 0.15) is 24.8 Å². The topological polar surface area (TPSA) is 68.0 Å². The van der Waals surface area contributed by atoms with Gasteiger partial charge in [0.2, 0.25) is 5.91 Å². The highest BCUT2D eigenvalue weighted by molar-refractivity contribution is 5.78. The summed E-state index contributed by atoms with van der Waals surface area (Å²) < 4.78 is 0. The summed E-state index contributed by atoms with van der Waals surface area (Å²) in [5.74, 6) is 0.238. The molecule has 0 spiro atoms. The first-order valence-electron chi connectivity index (χ1n) is 5.68. The predicted octanol–water partition coefficient (Wildman–Crippen LogP) is 0.825. The molecule has 1 heterocycles. The quantitative estimate of drug-likeness (QED) is 0.791. The molecule has 2 atom stereocenters. The van der Waals surface area contributed by atoms with Gasteiger partial charge in [-0.3, -0.25) is 9.78 Å². The molecule has 2 rings (SSSR count). The van der Waals surface area contributed by atoms with Crippen LogP contribution in [0.4, 0.5) is 0 Å². The average molecular weight is 219 g/mol. The van der Waals surface area contributed by atoms with Crippen molar-refractivity contribution < 1.29 is 4.79 Å². The van der Waals surface area contributed by atoms with E-state index in [9.17, 15) is 4.79 Å². The van der Waals surface area contributed by atoms with E-state index in [-0.39, 0.29) is 17.9 Å². The SMILES string of the molecule is NC1CCC(C(=O)NCc2ccncc2)C1. The number of nitrogens with zero attached hydrogens (tertiary/aromatic N) is 1. The van der Waals surface area contributed by atoms with Crippen LogP contribution in [0.2, 0.25) is 0 Å². The van der Waals surface area contributed by atoms with Crippen LogP contribution in [-0.4, -0.2) is 16.9 Å². The molecule has 4 heteroatoms. The Labute approximate surface area is 95.3 Å². The maximum absolute atomic E-state index is 11.8. The molecule has 2 unspecified atom stereocenters. The highest BCUT2D eigenvalue weighted by Crippen LogP contribution is 2.24. The van der Waals surface area contributed by atoms with Crippen LogP contribution < -0.4 is 11.1 Å².